The van der Waals surface area contributed by atoms with E-state index in [1.54, 1.807) is 79.9 Å². The predicted molar refractivity (Wildman–Crippen MR) is 133 cm³/mol. The van der Waals surface area contributed by atoms with Gasteiger partial charge in [0.05, 0.1) is 30.4 Å². The lowest BCUT2D eigenvalue weighted by atomic mass is 10.1. The van der Waals surface area contributed by atoms with Crippen LogP contribution in [0.15, 0.2) is 77.7 Å². The topological polar surface area (TPSA) is 65.1 Å². The lowest BCUT2D eigenvalue weighted by molar-refractivity contribution is -0.113. The fourth-order valence-electron chi connectivity index (χ4n) is 3.16. The number of ether oxygens (including phenoxy) is 3. The third-order valence-corrected chi connectivity index (χ3v) is 6.12. The van der Waals surface area contributed by atoms with E-state index in [4.69, 9.17) is 26.4 Å². The van der Waals surface area contributed by atoms with Crippen LogP contribution in [0.2, 0.25) is 0 Å². The van der Waals surface area contributed by atoms with Crippen molar-refractivity contribution in [2.45, 2.75) is 0 Å². The number of thioether (sulfide) groups is 1. The number of esters is 1. The van der Waals surface area contributed by atoms with Crippen LogP contribution in [0.4, 0.5) is 5.69 Å². The first-order valence-corrected chi connectivity index (χ1v) is 11.1. The van der Waals surface area contributed by atoms with E-state index in [1.165, 1.54) is 23.8 Å². The molecule has 0 aromatic heterocycles. The molecule has 0 saturated carbocycles. The molecular formula is C25H19NO5S2. The van der Waals surface area contributed by atoms with Gasteiger partial charge in [0.2, 0.25) is 0 Å². The number of benzene rings is 3. The van der Waals surface area contributed by atoms with Crippen LogP contribution in [0.3, 0.4) is 0 Å². The highest BCUT2D eigenvalue weighted by Gasteiger charge is 2.33. The molecule has 4 rings (SSSR count). The van der Waals surface area contributed by atoms with Gasteiger partial charge in [-0.3, -0.25) is 9.69 Å². The summed E-state index contributed by atoms with van der Waals surface area (Å²) >= 11 is 6.65. The number of amides is 1. The number of methoxy groups -OCH3 is 2. The van der Waals surface area contributed by atoms with E-state index in [-0.39, 0.29) is 11.7 Å². The Labute approximate surface area is 200 Å². The number of anilines is 1. The first-order valence-electron chi connectivity index (χ1n) is 9.87. The van der Waals surface area contributed by atoms with Gasteiger partial charge in [0.25, 0.3) is 5.91 Å². The van der Waals surface area contributed by atoms with Crippen molar-refractivity contribution < 1.29 is 23.8 Å². The summed E-state index contributed by atoms with van der Waals surface area (Å²) in [6, 6.07) is 20.9. The minimum absolute atomic E-state index is 0.214. The third-order valence-electron chi connectivity index (χ3n) is 4.82. The first kappa shape index (κ1) is 22.6. The minimum Gasteiger partial charge on any atom is -0.497 e. The Morgan fingerprint density at radius 1 is 0.939 bits per heavy atom. The van der Waals surface area contributed by atoms with Gasteiger partial charge in [-0.15, -0.1) is 0 Å². The number of rotatable bonds is 6. The summed E-state index contributed by atoms with van der Waals surface area (Å²) < 4.78 is 16.5. The third kappa shape index (κ3) is 4.92. The first-order chi connectivity index (χ1) is 16.0. The van der Waals surface area contributed by atoms with Crippen molar-refractivity contribution >= 4 is 51.9 Å². The van der Waals surface area contributed by atoms with Crippen LogP contribution in [-0.4, -0.2) is 30.4 Å². The van der Waals surface area contributed by atoms with Gasteiger partial charge in [-0.25, -0.2) is 4.79 Å². The molecule has 1 aliphatic rings. The van der Waals surface area contributed by atoms with E-state index >= 15 is 0 Å². The van der Waals surface area contributed by atoms with Gasteiger partial charge in [-0.1, -0.05) is 48.2 Å². The molecule has 166 valence electrons. The molecule has 0 atom stereocenters. The van der Waals surface area contributed by atoms with Crippen molar-refractivity contribution in [3.8, 4) is 17.2 Å². The van der Waals surface area contributed by atoms with Gasteiger partial charge < -0.3 is 14.2 Å². The molecule has 0 bridgehead atoms. The van der Waals surface area contributed by atoms with Crippen molar-refractivity contribution in [2.24, 2.45) is 0 Å². The zero-order valence-electron chi connectivity index (χ0n) is 17.8. The van der Waals surface area contributed by atoms with Gasteiger partial charge in [0, 0.05) is 0 Å². The van der Waals surface area contributed by atoms with Crippen LogP contribution in [0.25, 0.3) is 6.08 Å². The zero-order valence-corrected chi connectivity index (χ0v) is 19.4. The Bertz CT molecular complexity index is 1240. The zero-order chi connectivity index (χ0) is 23.4. The second kappa shape index (κ2) is 9.89. The Balaban J connectivity index is 1.55. The molecule has 1 saturated heterocycles. The maximum atomic E-state index is 13.0. The molecular weight excluding hydrogens is 458 g/mol. The fourth-order valence-corrected chi connectivity index (χ4v) is 4.46. The molecule has 1 amide bonds. The Morgan fingerprint density at radius 3 is 2.33 bits per heavy atom. The monoisotopic (exact) mass is 477 g/mol. The Morgan fingerprint density at radius 2 is 1.67 bits per heavy atom. The number of nitrogens with zero attached hydrogens (tertiary/aromatic N) is 1. The van der Waals surface area contributed by atoms with Crippen molar-refractivity contribution in [3.63, 3.8) is 0 Å². The van der Waals surface area contributed by atoms with Crippen LogP contribution in [0, 0.1) is 0 Å². The summed E-state index contributed by atoms with van der Waals surface area (Å²) in [6.07, 6.45) is 1.73. The van der Waals surface area contributed by atoms with Gasteiger partial charge in [-0.05, 0) is 60.2 Å². The van der Waals surface area contributed by atoms with E-state index in [0.717, 1.165) is 0 Å². The number of thiocarbonyl (C=S) groups is 1. The van der Waals surface area contributed by atoms with Crippen LogP contribution in [0.5, 0.6) is 17.2 Å². The molecule has 0 radical (unpaired) electrons. The Kier molecular flexibility index (Phi) is 6.76. The van der Waals surface area contributed by atoms with Gasteiger partial charge in [-0.2, -0.15) is 0 Å². The highest BCUT2D eigenvalue weighted by molar-refractivity contribution is 8.27. The van der Waals surface area contributed by atoms with Crippen LogP contribution in [-0.2, 0) is 4.79 Å². The maximum Gasteiger partial charge on any atom is 0.343 e. The molecule has 0 unspecified atom stereocenters. The molecule has 1 fully saturated rings. The van der Waals surface area contributed by atoms with Crippen molar-refractivity contribution in [2.75, 3.05) is 19.1 Å². The molecule has 1 heterocycles. The molecule has 0 N–H and O–H groups in total. The number of hydrogen-bond acceptors (Lipinski definition) is 7. The molecule has 0 spiro atoms. The summed E-state index contributed by atoms with van der Waals surface area (Å²) in [4.78, 5) is 27.4. The lowest BCUT2D eigenvalue weighted by Crippen LogP contribution is -2.27. The van der Waals surface area contributed by atoms with Crippen molar-refractivity contribution in [1.82, 2.24) is 0 Å². The average molecular weight is 478 g/mol. The van der Waals surface area contributed by atoms with E-state index in [1.807, 2.05) is 6.07 Å². The second-order valence-electron chi connectivity index (χ2n) is 6.88. The fraction of sp³-hybridized carbons (Fsp3) is 0.0800. The van der Waals surface area contributed by atoms with Crippen LogP contribution < -0.4 is 19.1 Å². The van der Waals surface area contributed by atoms with Crippen LogP contribution >= 0.6 is 24.0 Å². The van der Waals surface area contributed by atoms with E-state index in [9.17, 15) is 9.59 Å². The largest absolute Gasteiger partial charge is 0.497 e. The highest BCUT2D eigenvalue weighted by Crippen LogP contribution is 2.37. The van der Waals surface area contributed by atoms with Crippen molar-refractivity contribution in [3.05, 3.63) is 88.8 Å². The molecule has 3 aromatic carbocycles. The standard InChI is InChI=1S/C25H19NO5S2/c1-29-19-11-9-18(10-12-19)26-23(27)22(33-25(26)32)15-16-8-13-20(21(14-16)30-2)31-24(28)17-6-4-3-5-7-17/h3-15H,1-2H3/b22-15+. The number of hydrogen-bond donors (Lipinski definition) is 0. The van der Waals surface area contributed by atoms with E-state index in [2.05, 4.69) is 0 Å². The Hall–Kier alpha value is -3.62. The number of carbonyl (C=O) groups is 2. The number of carbonyl (C=O) groups excluding carboxylic acids is 2. The lowest BCUT2D eigenvalue weighted by Gasteiger charge is -2.14. The summed E-state index contributed by atoms with van der Waals surface area (Å²) in [5, 5.41) is 0. The quantitative estimate of drug-likeness (QED) is 0.206. The van der Waals surface area contributed by atoms with Gasteiger partial charge >= 0.3 is 5.97 Å². The minimum atomic E-state index is -0.484. The summed E-state index contributed by atoms with van der Waals surface area (Å²) in [6.45, 7) is 0. The second-order valence-corrected chi connectivity index (χ2v) is 8.56. The summed E-state index contributed by atoms with van der Waals surface area (Å²) in [5.74, 6) is 0.656. The molecule has 6 nitrogen and oxygen atoms in total. The molecule has 33 heavy (non-hydrogen) atoms. The summed E-state index contributed by atoms with van der Waals surface area (Å²) in [7, 11) is 3.07. The van der Waals surface area contributed by atoms with E-state index in [0.29, 0.717) is 37.5 Å². The molecule has 3 aromatic rings. The molecule has 1 aliphatic heterocycles. The maximum absolute atomic E-state index is 13.0. The van der Waals surface area contributed by atoms with Crippen LogP contribution in [0.1, 0.15) is 15.9 Å². The van der Waals surface area contributed by atoms with Crippen molar-refractivity contribution in [1.29, 1.82) is 0 Å². The summed E-state index contributed by atoms with van der Waals surface area (Å²) in [5.41, 5.74) is 1.81. The van der Waals surface area contributed by atoms with E-state index < -0.39 is 5.97 Å². The smallest absolute Gasteiger partial charge is 0.343 e. The molecule has 8 heteroatoms. The SMILES string of the molecule is COc1ccc(N2C(=O)/C(=C\c3ccc(OC(=O)c4ccccc4)c(OC)c3)SC2=S)cc1. The predicted octanol–water partition coefficient (Wildman–Crippen LogP) is 5.33. The highest BCUT2D eigenvalue weighted by atomic mass is 32.2. The normalized spacial score (nSPS) is 14.5. The average Bonchev–Trinajstić information content (AvgIpc) is 3.13. The van der Waals surface area contributed by atoms with Gasteiger partial charge in [0.1, 0.15) is 5.75 Å². The van der Waals surface area contributed by atoms with Gasteiger partial charge in [0.15, 0.2) is 15.8 Å². The molecule has 0 aliphatic carbocycles.